The monoisotopic (exact) mass is 321 g/mol. The Morgan fingerprint density at radius 3 is 2.52 bits per heavy atom. The maximum Gasteiger partial charge on any atom is 0.411 e. The lowest BCUT2D eigenvalue weighted by Gasteiger charge is -2.40. The second-order valence-electron chi connectivity index (χ2n) is 7.33. The summed E-state index contributed by atoms with van der Waals surface area (Å²) in [4.78, 5) is 25.5. The molecule has 1 aromatic rings. The van der Waals surface area contributed by atoms with Gasteiger partial charge in [0.2, 0.25) is 0 Å². The fraction of sp³-hybridized carbons (Fsp3) is 0.529. The minimum absolute atomic E-state index is 0.173. The van der Waals surface area contributed by atoms with Crippen LogP contribution >= 0.6 is 0 Å². The Kier molecular flexibility index (Phi) is 3.39. The molecule has 1 spiro atoms. The lowest BCUT2D eigenvalue weighted by atomic mass is 9.82. The quantitative estimate of drug-likeness (QED) is 0.862. The summed E-state index contributed by atoms with van der Waals surface area (Å²) in [7, 11) is 0. The van der Waals surface area contributed by atoms with Crippen molar-refractivity contribution in [3.63, 3.8) is 0 Å². The number of carbonyl (C=O) groups is 2. The van der Waals surface area contributed by atoms with Crippen molar-refractivity contribution in [1.29, 1.82) is 0 Å². The number of aliphatic carboxylic acids is 1. The SMILES string of the molecule is CC(C)(C)OC(=O)N1CC2(CC2)c2c(F)cccc2C1C(=O)O. The van der Waals surface area contributed by atoms with Gasteiger partial charge in [-0.2, -0.15) is 0 Å². The van der Waals surface area contributed by atoms with Gasteiger partial charge in [0.15, 0.2) is 6.04 Å². The van der Waals surface area contributed by atoms with Crippen molar-refractivity contribution in [1.82, 2.24) is 4.90 Å². The summed E-state index contributed by atoms with van der Waals surface area (Å²) in [5.74, 6) is -1.58. The third kappa shape index (κ3) is 2.66. The first kappa shape index (κ1) is 15.8. The molecule has 1 fully saturated rings. The van der Waals surface area contributed by atoms with Gasteiger partial charge in [-0.3, -0.25) is 4.90 Å². The van der Waals surface area contributed by atoms with E-state index in [-0.39, 0.29) is 6.54 Å². The van der Waals surface area contributed by atoms with Crippen LogP contribution < -0.4 is 0 Å². The number of carbonyl (C=O) groups excluding carboxylic acids is 1. The van der Waals surface area contributed by atoms with Crippen molar-refractivity contribution in [2.24, 2.45) is 0 Å². The summed E-state index contributed by atoms with van der Waals surface area (Å²) in [5, 5.41) is 9.61. The van der Waals surface area contributed by atoms with Gasteiger partial charge in [0.05, 0.1) is 0 Å². The van der Waals surface area contributed by atoms with Crippen LogP contribution in [0.25, 0.3) is 0 Å². The molecule has 1 unspecified atom stereocenters. The molecule has 1 aliphatic heterocycles. The summed E-state index contributed by atoms with van der Waals surface area (Å²) in [6.45, 7) is 5.36. The average molecular weight is 321 g/mol. The molecule has 1 atom stereocenters. The second-order valence-corrected chi connectivity index (χ2v) is 7.33. The second kappa shape index (κ2) is 4.94. The fourth-order valence-corrected chi connectivity index (χ4v) is 3.31. The molecule has 0 radical (unpaired) electrons. The van der Waals surface area contributed by atoms with E-state index in [4.69, 9.17) is 4.74 Å². The summed E-state index contributed by atoms with van der Waals surface area (Å²) < 4.78 is 19.7. The zero-order valence-electron chi connectivity index (χ0n) is 13.4. The number of rotatable bonds is 1. The Morgan fingerprint density at radius 1 is 1.35 bits per heavy atom. The topological polar surface area (TPSA) is 66.8 Å². The number of fused-ring (bicyclic) bond motifs is 2. The molecule has 1 aromatic carbocycles. The Morgan fingerprint density at radius 2 is 2.00 bits per heavy atom. The Balaban J connectivity index is 2.06. The molecule has 1 saturated carbocycles. The van der Waals surface area contributed by atoms with Gasteiger partial charge in [-0.25, -0.2) is 14.0 Å². The van der Waals surface area contributed by atoms with Crippen LogP contribution in [-0.4, -0.2) is 34.2 Å². The van der Waals surface area contributed by atoms with E-state index in [9.17, 15) is 19.1 Å². The zero-order valence-corrected chi connectivity index (χ0v) is 13.4. The lowest BCUT2D eigenvalue weighted by molar-refractivity contribution is -0.144. The van der Waals surface area contributed by atoms with Crippen molar-refractivity contribution < 1.29 is 23.8 Å². The van der Waals surface area contributed by atoms with Crippen LogP contribution in [0.3, 0.4) is 0 Å². The smallest absolute Gasteiger partial charge is 0.411 e. The Hall–Kier alpha value is -2.11. The Labute approximate surface area is 134 Å². The summed E-state index contributed by atoms with van der Waals surface area (Å²) in [5.41, 5.74) is -0.387. The van der Waals surface area contributed by atoms with Crippen molar-refractivity contribution in [2.75, 3.05) is 6.54 Å². The van der Waals surface area contributed by atoms with Crippen LogP contribution in [0.4, 0.5) is 9.18 Å². The van der Waals surface area contributed by atoms with Gasteiger partial charge in [0, 0.05) is 17.5 Å². The molecule has 3 rings (SSSR count). The van der Waals surface area contributed by atoms with E-state index in [0.29, 0.717) is 11.1 Å². The molecule has 124 valence electrons. The standard InChI is InChI=1S/C17H20FNO4/c1-16(2,3)23-15(22)19-9-17(7-8-17)12-10(13(19)14(20)21)5-4-6-11(12)18/h4-6,13H,7-9H2,1-3H3,(H,20,21). The van der Waals surface area contributed by atoms with Crippen molar-refractivity contribution in [3.8, 4) is 0 Å². The van der Waals surface area contributed by atoms with Crippen LogP contribution in [0, 0.1) is 5.82 Å². The Bertz CT molecular complexity index is 676. The highest BCUT2D eigenvalue weighted by Crippen LogP contribution is 2.55. The number of carboxylic acids is 1. The van der Waals surface area contributed by atoms with Crippen LogP contribution in [-0.2, 0) is 14.9 Å². The summed E-state index contributed by atoms with van der Waals surface area (Å²) >= 11 is 0. The van der Waals surface area contributed by atoms with E-state index in [1.807, 2.05) is 0 Å². The van der Waals surface area contributed by atoms with Gasteiger partial charge in [-0.1, -0.05) is 12.1 Å². The van der Waals surface area contributed by atoms with E-state index < -0.39 is 34.9 Å². The van der Waals surface area contributed by atoms with Crippen molar-refractivity contribution in [3.05, 3.63) is 35.1 Å². The summed E-state index contributed by atoms with van der Waals surface area (Å²) in [6.07, 6.45) is 0.810. The predicted molar refractivity (Wildman–Crippen MR) is 80.6 cm³/mol. The molecule has 1 heterocycles. The van der Waals surface area contributed by atoms with Gasteiger partial charge in [-0.05, 0) is 45.2 Å². The first-order valence-corrected chi connectivity index (χ1v) is 7.66. The zero-order chi connectivity index (χ0) is 17.0. The highest BCUT2D eigenvalue weighted by atomic mass is 19.1. The molecule has 0 bridgehead atoms. The van der Waals surface area contributed by atoms with E-state index in [0.717, 1.165) is 12.8 Å². The molecule has 2 aliphatic rings. The van der Waals surface area contributed by atoms with Crippen LogP contribution in [0.5, 0.6) is 0 Å². The molecule has 5 nitrogen and oxygen atoms in total. The van der Waals surface area contributed by atoms with Crippen molar-refractivity contribution >= 4 is 12.1 Å². The number of carboxylic acid groups (broad SMARTS) is 1. The van der Waals surface area contributed by atoms with E-state index in [2.05, 4.69) is 0 Å². The predicted octanol–water partition coefficient (Wildman–Crippen LogP) is 3.23. The number of ether oxygens (including phenoxy) is 1. The van der Waals surface area contributed by atoms with Gasteiger partial charge in [0.25, 0.3) is 0 Å². The maximum atomic E-state index is 14.3. The maximum absolute atomic E-state index is 14.3. The fourth-order valence-electron chi connectivity index (χ4n) is 3.31. The number of nitrogens with zero attached hydrogens (tertiary/aromatic N) is 1. The third-order valence-corrected chi connectivity index (χ3v) is 4.37. The third-order valence-electron chi connectivity index (χ3n) is 4.37. The molecular weight excluding hydrogens is 301 g/mol. The van der Waals surface area contributed by atoms with Crippen LogP contribution in [0.1, 0.15) is 50.8 Å². The molecule has 0 aromatic heterocycles. The number of benzene rings is 1. The molecule has 1 N–H and O–H groups in total. The number of hydrogen-bond donors (Lipinski definition) is 1. The molecule has 1 amide bonds. The highest BCUT2D eigenvalue weighted by Gasteiger charge is 2.56. The molecule has 6 heteroatoms. The van der Waals surface area contributed by atoms with E-state index in [1.165, 1.54) is 17.0 Å². The lowest BCUT2D eigenvalue weighted by Crippen LogP contribution is -2.49. The normalized spacial score (nSPS) is 21.7. The average Bonchev–Trinajstić information content (AvgIpc) is 3.16. The van der Waals surface area contributed by atoms with Crippen LogP contribution in [0.2, 0.25) is 0 Å². The van der Waals surface area contributed by atoms with E-state index in [1.54, 1.807) is 26.8 Å². The molecule has 23 heavy (non-hydrogen) atoms. The minimum Gasteiger partial charge on any atom is -0.479 e. The highest BCUT2D eigenvalue weighted by molar-refractivity contribution is 5.83. The van der Waals surface area contributed by atoms with Gasteiger partial charge >= 0.3 is 12.1 Å². The number of hydrogen-bond acceptors (Lipinski definition) is 3. The first-order valence-electron chi connectivity index (χ1n) is 7.66. The van der Waals surface area contributed by atoms with Gasteiger partial charge in [0.1, 0.15) is 11.4 Å². The van der Waals surface area contributed by atoms with Gasteiger partial charge in [-0.15, -0.1) is 0 Å². The first-order chi connectivity index (χ1) is 10.6. The minimum atomic E-state index is -1.22. The van der Waals surface area contributed by atoms with E-state index >= 15 is 0 Å². The molecule has 0 saturated heterocycles. The molecular formula is C17H20FNO4. The van der Waals surface area contributed by atoms with Crippen molar-refractivity contribution in [2.45, 2.75) is 50.7 Å². The molecule has 1 aliphatic carbocycles. The number of halogens is 1. The summed E-state index contributed by atoms with van der Waals surface area (Å²) in [6, 6.07) is 3.20. The van der Waals surface area contributed by atoms with Crippen LogP contribution in [0.15, 0.2) is 18.2 Å². The number of amides is 1. The van der Waals surface area contributed by atoms with Gasteiger partial charge < -0.3 is 9.84 Å². The largest absolute Gasteiger partial charge is 0.479 e.